The molecule has 0 spiro atoms. The van der Waals surface area contributed by atoms with Gasteiger partial charge in [-0.25, -0.2) is 0 Å². The van der Waals surface area contributed by atoms with E-state index in [0.717, 1.165) is 6.07 Å². The first-order valence-electron chi connectivity index (χ1n) is 9.61. The van der Waals surface area contributed by atoms with Crippen molar-refractivity contribution in [3.05, 3.63) is 47.5 Å². The van der Waals surface area contributed by atoms with Crippen LogP contribution >= 0.6 is 0 Å². The van der Waals surface area contributed by atoms with E-state index in [0.29, 0.717) is 5.56 Å². The summed E-state index contributed by atoms with van der Waals surface area (Å²) in [6.07, 6.45) is -8.06. The molecule has 2 aromatic carbocycles. The number of phenols is 2. The van der Waals surface area contributed by atoms with Gasteiger partial charge in [0.25, 0.3) is 0 Å². The molecule has 10 heteroatoms. The minimum Gasteiger partial charge on any atom is -0.508 e. The van der Waals surface area contributed by atoms with Gasteiger partial charge in [0.15, 0.2) is 18.2 Å². The fourth-order valence-corrected chi connectivity index (χ4v) is 3.71. The smallest absolute Gasteiger partial charge is 0.195 e. The Labute approximate surface area is 176 Å². The lowest BCUT2D eigenvalue weighted by Crippen LogP contribution is -2.60. The Morgan fingerprint density at radius 1 is 1.03 bits per heavy atom. The van der Waals surface area contributed by atoms with Crippen molar-refractivity contribution in [2.75, 3.05) is 6.61 Å². The number of rotatable bonds is 4. The molecular weight excluding hydrogens is 412 g/mol. The average molecular weight is 434 g/mol. The molecule has 31 heavy (non-hydrogen) atoms. The maximum atomic E-state index is 12.6. The molecule has 0 radical (unpaired) electrons. The summed E-state index contributed by atoms with van der Waals surface area (Å²) in [6.45, 7) is -0.615. The lowest BCUT2D eigenvalue weighted by Gasteiger charge is -2.39. The summed E-state index contributed by atoms with van der Waals surface area (Å²) in [5.41, 5.74) is 0.621. The van der Waals surface area contributed by atoms with Gasteiger partial charge < -0.3 is 44.8 Å². The van der Waals surface area contributed by atoms with Crippen LogP contribution in [-0.2, 0) is 4.74 Å². The number of carbonyl (C=O) groups excluding carboxylic acids is 1. The number of hydrogen-bond acceptors (Lipinski definition) is 10. The number of aromatic hydroxyl groups is 2. The SMILES string of the molecule is O=C1CC(c2ccc(O)cc2)Oc2cc(OC3C(O)OC(CO)C(O)C3O)cc(O)c21. The molecule has 2 aliphatic heterocycles. The van der Waals surface area contributed by atoms with Crippen molar-refractivity contribution in [1.29, 1.82) is 0 Å². The third-order valence-electron chi connectivity index (χ3n) is 5.35. The van der Waals surface area contributed by atoms with Gasteiger partial charge in [-0.05, 0) is 17.7 Å². The summed E-state index contributed by atoms with van der Waals surface area (Å²) in [4.78, 5) is 12.6. The summed E-state index contributed by atoms with van der Waals surface area (Å²) < 4.78 is 16.4. The third kappa shape index (κ3) is 4.03. The summed E-state index contributed by atoms with van der Waals surface area (Å²) in [6, 6.07) is 8.61. The largest absolute Gasteiger partial charge is 0.508 e. The molecule has 2 aliphatic rings. The van der Waals surface area contributed by atoms with Crippen LogP contribution in [0.4, 0.5) is 0 Å². The van der Waals surface area contributed by atoms with Gasteiger partial charge in [-0.2, -0.15) is 0 Å². The summed E-state index contributed by atoms with van der Waals surface area (Å²) in [5.74, 6) is -0.700. The molecule has 2 aromatic rings. The number of benzene rings is 2. The standard InChI is InChI=1S/C21H22O10/c22-8-16-18(26)19(27)20(21(28)31-16)29-11-5-12(24)17-13(25)7-14(30-15(17)6-11)9-1-3-10(23)4-2-9/h1-6,14,16,18-24,26-28H,7-8H2. The van der Waals surface area contributed by atoms with E-state index < -0.39 is 49.2 Å². The van der Waals surface area contributed by atoms with Crippen molar-refractivity contribution in [3.63, 3.8) is 0 Å². The lowest BCUT2D eigenvalue weighted by atomic mass is 9.95. The van der Waals surface area contributed by atoms with Crippen molar-refractivity contribution in [3.8, 4) is 23.0 Å². The normalized spacial score (nSPS) is 30.4. The molecule has 0 amide bonds. The molecule has 166 valence electrons. The zero-order valence-corrected chi connectivity index (χ0v) is 16.2. The van der Waals surface area contributed by atoms with E-state index in [1.165, 1.54) is 18.2 Å². The number of hydrogen-bond donors (Lipinski definition) is 6. The van der Waals surface area contributed by atoms with E-state index in [9.17, 15) is 30.3 Å². The van der Waals surface area contributed by atoms with E-state index >= 15 is 0 Å². The number of aliphatic hydroxyl groups excluding tert-OH is 4. The molecule has 10 nitrogen and oxygen atoms in total. The van der Waals surface area contributed by atoms with E-state index in [1.807, 2.05) is 0 Å². The van der Waals surface area contributed by atoms with Crippen LogP contribution in [0.1, 0.15) is 28.4 Å². The van der Waals surface area contributed by atoms with Gasteiger partial charge in [0.1, 0.15) is 53.0 Å². The number of carbonyl (C=O) groups is 1. The Kier molecular flexibility index (Phi) is 5.73. The molecule has 1 fully saturated rings. The monoisotopic (exact) mass is 434 g/mol. The van der Waals surface area contributed by atoms with Crippen molar-refractivity contribution in [2.45, 2.75) is 43.2 Å². The van der Waals surface area contributed by atoms with Gasteiger partial charge in [-0.15, -0.1) is 0 Å². The fourth-order valence-electron chi connectivity index (χ4n) is 3.71. The summed E-state index contributed by atoms with van der Waals surface area (Å²) in [5, 5.41) is 59.3. The number of ether oxygens (including phenoxy) is 3. The quantitative estimate of drug-likeness (QED) is 0.385. The first-order valence-corrected chi connectivity index (χ1v) is 9.61. The Hall–Kier alpha value is -2.89. The highest BCUT2D eigenvalue weighted by Gasteiger charge is 2.45. The number of Topliss-reactive ketones (excluding diaryl/α,β-unsaturated/α-hetero) is 1. The van der Waals surface area contributed by atoms with Crippen LogP contribution in [0.5, 0.6) is 23.0 Å². The maximum absolute atomic E-state index is 12.6. The number of ketones is 1. The second-order valence-electron chi connectivity index (χ2n) is 7.45. The highest BCUT2D eigenvalue weighted by Crippen LogP contribution is 2.42. The van der Waals surface area contributed by atoms with Crippen LogP contribution in [0.2, 0.25) is 0 Å². The predicted molar refractivity (Wildman–Crippen MR) is 103 cm³/mol. The molecule has 0 aromatic heterocycles. The lowest BCUT2D eigenvalue weighted by molar-refractivity contribution is -0.280. The minimum atomic E-state index is -1.67. The molecule has 4 rings (SSSR count). The van der Waals surface area contributed by atoms with Gasteiger partial charge >= 0.3 is 0 Å². The van der Waals surface area contributed by atoms with Gasteiger partial charge in [-0.3, -0.25) is 4.79 Å². The molecule has 6 N–H and O–H groups in total. The van der Waals surface area contributed by atoms with E-state index in [1.54, 1.807) is 12.1 Å². The van der Waals surface area contributed by atoms with Gasteiger partial charge in [0.2, 0.25) is 0 Å². The molecular formula is C21H22O10. The summed E-state index contributed by atoms with van der Waals surface area (Å²) >= 11 is 0. The van der Waals surface area contributed by atoms with Gasteiger partial charge in [0, 0.05) is 12.1 Å². The number of aliphatic hydroxyl groups is 4. The Bertz CT molecular complexity index is 959. The third-order valence-corrected chi connectivity index (χ3v) is 5.35. The first-order chi connectivity index (χ1) is 14.8. The van der Waals surface area contributed by atoms with Crippen LogP contribution in [0.15, 0.2) is 36.4 Å². The molecule has 2 heterocycles. The fraction of sp³-hybridized carbons (Fsp3) is 0.381. The van der Waals surface area contributed by atoms with E-state index in [4.69, 9.17) is 19.3 Å². The highest BCUT2D eigenvalue weighted by atomic mass is 16.7. The first kappa shape index (κ1) is 21.3. The number of fused-ring (bicyclic) bond motifs is 1. The predicted octanol–water partition coefficient (Wildman–Crippen LogP) is -0.0170. The molecule has 6 unspecified atom stereocenters. The van der Waals surface area contributed by atoms with Crippen molar-refractivity contribution < 1.29 is 49.6 Å². The summed E-state index contributed by atoms with van der Waals surface area (Å²) in [7, 11) is 0. The molecule has 0 bridgehead atoms. The van der Waals surface area contributed by atoms with Crippen LogP contribution in [0.25, 0.3) is 0 Å². The zero-order chi connectivity index (χ0) is 22.3. The van der Waals surface area contributed by atoms with Crippen molar-refractivity contribution in [1.82, 2.24) is 0 Å². The van der Waals surface area contributed by atoms with E-state index in [2.05, 4.69) is 0 Å². The maximum Gasteiger partial charge on any atom is 0.195 e. The molecule has 0 aliphatic carbocycles. The topological polar surface area (TPSA) is 166 Å². The second-order valence-corrected chi connectivity index (χ2v) is 7.45. The minimum absolute atomic E-state index is 0.0197. The molecule has 6 atom stereocenters. The van der Waals surface area contributed by atoms with E-state index in [-0.39, 0.29) is 35.0 Å². The van der Waals surface area contributed by atoms with Crippen LogP contribution in [0, 0.1) is 0 Å². The molecule has 0 saturated carbocycles. The average Bonchev–Trinajstić information content (AvgIpc) is 2.73. The van der Waals surface area contributed by atoms with Crippen LogP contribution in [0.3, 0.4) is 0 Å². The van der Waals surface area contributed by atoms with Gasteiger partial charge in [-0.1, -0.05) is 12.1 Å². The van der Waals surface area contributed by atoms with Gasteiger partial charge in [0.05, 0.1) is 13.0 Å². The zero-order valence-electron chi connectivity index (χ0n) is 16.2. The van der Waals surface area contributed by atoms with Crippen LogP contribution < -0.4 is 9.47 Å². The van der Waals surface area contributed by atoms with Crippen LogP contribution in [-0.4, -0.2) is 73.7 Å². The Balaban J connectivity index is 1.59. The Morgan fingerprint density at radius 2 is 1.74 bits per heavy atom. The number of phenolic OH excluding ortho intramolecular Hbond substituents is 2. The second kappa shape index (κ2) is 8.33. The van der Waals surface area contributed by atoms with Crippen molar-refractivity contribution >= 4 is 5.78 Å². The van der Waals surface area contributed by atoms with Crippen molar-refractivity contribution in [2.24, 2.45) is 0 Å². The highest BCUT2D eigenvalue weighted by molar-refractivity contribution is 6.02. The Morgan fingerprint density at radius 3 is 2.42 bits per heavy atom. The molecule has 1 saturated heterocycles.